The van der Waals surface area contributed by atoms with Crippen LogP contribution in [-0.2, 0) is 4.79 Å². The highest BCUT2D eigenvalue weighted by molar-refractivity contribution is 5.99. The third kappa shape index (κ3) is 1.67. The van der Waals surface area contributed by atoms with Crippen molar-refractivity contribution < 1.29 is 9.90 Å². The van der Waals surface area contributed by atoms with Crippen molar-refractivity contribution in [1.29, 1.82) is 0 Å². The number of aliphatic hydroxyl groups excluding tert-OH is 1. The van der Waals surface area contributed by atoms with Gasteiger partial charge in [-0.05, 0) is 31.3 Å². The van der Waals surface area contributed by atoms with Crippen LogP contribution in [0.25, 0.3) is 0 Å². The van der Waals surface area contributed by atoms with Crippen molar-refractivity contribution in [2.24, 2.45) is 5.92 Å². The first-order chi connectivity index (χ1) is 6.83. The molecule has 2 aliphatic rings. The van der Waals surface area contributed by atoms with Gasteiger partial charge in [-0.25, -0.2) is 0 Å². The van der Waals surface area contributed by atoms with Gasteiger partial charge in [-0.2, -0.15) is 0 Å². The van der Waals surface area contributed by atoms with Crippen LogP contribution in [0.1, 0.15) is 32.1 Å². The number of aliphatic hydroxyl groups is 1. The Labute approximate surface area is 84.3 Å². The van der Waals surface area contributed by atoms with Crippen LogP contribution in [0.15, 0.2) is 23.3 Å². The SMILES string of the molecule is O=C(C1=C(CO)C=CCC1)C1CCC1. The van der Waals surface area contributed by atoms with Gasteiger partial charge in [0.15, 0.2) is 5.78 Å². The third-order valence-corrected chi connectivity index (χ3v) is 3.21. The van der Waals surface area contributed by atoms with Crippen LogP contribution in [0.2, 0.25) is 0 Å². The maximum absolute atomic E-state index is 11.9. The molecule has 0 spiro atoms. The molecular formula is C12H16O2. The normalized spacial score (nSPS) is 22.4. The van der Waals surface area contributed by atoms with Gasteiger partial charge in [0.1, 0.15) is 0 Å². The van der Waals surface area contributed by atoms with E-state index in [9.17, 15) is 4.79 Å². The Balaban J connectivity index is 2.16. The van der Waals surface area contributed by atoms with Gasteiger partial charge in [0.2, 0.25) is 0 Å². The monoisotopic (exact) mass is 192 g/mol. The van der Waals surface area contributed by atoms with Crippen molar-refractivity contribution >= 4 is 5.78 Å². The van der Waals surface area contributed by atoms with Crippen LogP contribution in [0.5, 0.6) is 0 Å². The highest BCUT2D eigenvalue weighted by Gasteiger charge is 2.28. The number of ketones is 1. The fraction of sp³-hybridized carbons (Fsp3) is 0.583. The number of carbonyl (C=O) groups is 1. The minimum atomic E-state index is 0.00426. The van der Waals surface area contributed by atoms with E-state index in [0.29, 0.717) is 5.78 Å². The van der Waals surface area contributed by atoms with Gasteiger partial charge in [0, 0.05) is 11.5 Å². The number of hydrogen-bond acceptors (Lipinski definition) is 2. The summed E-state index contributed by atoms with van der Waals surface area (Å²) in [5.74, 6) is 0.558. The molecule has 0 aromatic rings. The van der Waals surface area contributed by atoms with Crippen molar-refractivity contribution in [1.82, 2.24) is 0 Å². The Morgan fingerprint density at radius 1 is 1.50 bits per heavy atom. The minimum Gasteiger partial charge on any atom is -0.392 e. The first kappa shape index (κ1) is 9.66. The lowest BCUT2D eigenvalue weighted by molar-refractivity contribution is -0.121. The number of rotatable bonds is 3. The Morgan fingerprint density at radius 2 is 2.29 bits per heavy atom. The first-order valence-corrected chi connectivity index (χ1v) is 5.36. The number of carbonyl (C=O) groups excluding carboxylic acids is 1. The zero-order valence-corrected chi connectivity index (χ0v) is 8.33. The molecule has 0 unspecified atom stereocenters. The number of hydrogen-bond donors (Lipinski definition) is 1. The molecule has 0 radical (unpaired) electrons. The molecule has 2 aliphatic carbocycles. The van der Waals surface area contributed by atoms with Gasteiger partial charge in [-0.3, -0.25) is 4.79 Å². The molecule has 2 nitrogen and oxygen atoms in total. The van der Waals surface area contributed by atoms with E-state index in [-0.39, 0.29) is 12.5 Å². The summed E-state index contributed by atoms with van der Waals surface area (Å²) >= 11 is 0. The molecule has 76 valence electrons. The molecule has 1 N–H and O–H groups in total. The summed E-state index contributed by atoms with van der Waals surface area (Å²) in [5.41, 5.74) is 1.73. The molecule has 0 bridgehead atoms. The van der Waals surface area contributed by atoms with Crippen molar-refractivity contribution in [3.63, 3.8) is 0 Å². The zero-order chi connectivity index (χ0) is 9.97. The van der Waals surface area contributed by atoms with Gasteiger partial charge in [-0.1, -0.05) is 18.6 Å². The van der Waals surface area contributed by atoms with Gasteiger partial charge in [0.25, 0.3) is 0 Å². The summed E-state index contributed by atoms with van der Waals surface area (Å²) in [6.45, 7) is 0.00426. The molecule has 1 fully saturated rings. The first-order valence-electron chi connectivity index (χ1n) is 5.36. The summed E-state index contributed by atoms with van der Waals surface area (Å²) in [6.07, 6.45) is 8.97. The standard InChI is InChI=1S/C12H16O2/c13-8-10-4-1-2-7-11(10)12(14)9-5-3-6-9/h1,4,9,13H,2-3,5-8H2. The molecular weight excluding hydrogens is 176 g/mol. The summed E-state index contributed by atoms with van der Waals surface area (Å²) < 4.78 is 0. The molecule has 1 saturated carbocycles. The second kappa shape index (κ2) is 4.09. The van der Waals surface area contributed by atoms with E-state index in [1.165, 1.54) is 6.42 Å². The molecule has 0 heterocycles. The highest BCUT2D eigenvalue weighted by atomic mass is 16.3. The lowest BCUT2D eigenvalue weighted by Gasteiger charge is -2.26. The molecule has 2 heteroatoms. The maximum atomic E-state index is 11.9. The van der Waals surface area contributed by atoms with E-state index in [2.05, 4.69) is 0 Å². The molecule has 2 rings (SSSR count). The average Bonchev–Trinajstić information content (AvgIpc) is 2.15. The van der Waals surface area contributed by atoms with Crippen LogP contribution in [-0.4, -0.2) is 17.5 Å². The lowest BCUT2D eigenvalue weighted by Crippen LogP contribution is -2.25. The summed E-state index contributed by atoms with van der Waals surface area (Å²) in [6, 6.07) is 0. The third-order valence-electron chi connectivity index (χ3n) is 3.21. The summed E-state index contributed by atoms with van der Waals surface area (Å²) in [7, 11) is 0. The molecule has 0 amide bonds. The van der Waals surface area contributed by atoms with Crippen LogP contribution >= 0.6 is 0 Å². The van der Waals surface area contributed by atoms with Gasteiger partial charge in [-0.15, -0.1) is 0 Å². The fourth-order valence-corrected chi connectivity index (χ4v) is 2.06. The average molecular weight is 192 g/mol. The van der Waals surface area contributed by atoms with Crippen molar-refractivity contribution in [3.05, 3.63) is 23.3 Å². The van der Waals surface area contributed by atoms with Crippen molar-refractivity contribution in [2.45, 2.75) is 32.1 Å². The van der Waals surface area contributed by atoms with E-state index in [0.717, 1.165) is 36.8 Å². The lowest BCUT2D eigenvalue weighted by atomic mass is 9.77. The molecule has 0 aromatic heterocycles. The second-order valence-corrected chi connectivity index (χ2v) is 4.10. The smallest absolute Gasteiger partial charge is 0.162 e. The Bertz CT molecular complexity index is 295. The number of Topliss-reactive ketones (excluding diaryl/α,β-unsaturated/α-hetero) is 1. The van der Waals surface area contributed by atoms with Crippen molar-refractivity contribution in [2.75, 3.05) is 6.61 Å². The molecule has 0 atom stereocenters. The van der Waals surface area contributed by atoms with Gasteiger partial charge >= 0.3 is 0 Å². The Kier molecular flexibility index (Phi) is 2.82. The van der Waals surface area contributed by atoms with E-state index in [1.807, 2.05) is 12.2 Å². The molecule has 0 aromatic carbocycles. The molecule has 14 heavy (non-hydrogen) atoms. The topological polar surface area (TPSA) is 37.3 Å². The van der Waals surface area contributed by atoms with E-state index < -0.39 is 0 Å². The van der Waals surface area contributed by atoms with E-state index in [4.69, 9.17) is 5.11 Å². The highest BCUT2D eigenvalue weighted by Crippen LogP contribution is 2.32. The zero-order valence-electron chi connectivity index (χ0n) is 8.33. The predicted octanol–water partition coefficient (Wildman–Crippen LogP) is 1.99. The Morgan fingerprint density at radius 3 is 2.86 bits per heavy atom. The molecule has 0 saturated heterocycles. The minimum absolute atomic E-state index is 0.00426. The van der Waals surface area contributed by atoms with Crippen LogP contribution in [0, 0.1) is 5.92 Å². The van der Waals surface area contributed by atoms with E-state index >= 15 is 0 Å². The quantitative estimate of drug-likeness (QED) is 0.742. The maximum Gasteiger partial charge on any atom is 0.162 e. The Hall–Kier alpha value is -0.890. The van der Waals surface area contributed by atoms with Crippen LogP contribution < -0.4 is 0 Å². The molecule has 0 aliphatic heterocycles. The van der Waals surface area contributed by atoms with Crippen LogP contribution in [0.3, 0.4) is 0 Å². The largest absolute Gasteiger partial charge is 0.392 e. The second-order valence-electron chi connectivity index (χ2n) is 4.10. The predicted molar refractivity (Wildman–Crippen MR) is 54.8 cm³/mol. The van der Waals surface area contributed by atoms with Crippen LogP contribution in [0.4, 0.5) is 0 Å². The fourth-order valence-electron chi connectivity index (χ4n) is 2.06. The summed E-state index contributed by atoms with van der Waals surface area (Å²) in [5, 5.41) is 9.12. The van der Waals surface area contributed by atoms with Crippen molar-refractivity contribution in [3.8, 4) is 0 Å². The van der Waals surface area contributed by atoms with Gasteiger partial charge < -0.3 is 5.11 Å². The van der Waals surface area contributed by atoms with E-state index in [1.54, 1.807) is 0 Å². The number of allylic oxidation sites excluding steroid dienone is 2. The summed E-state index contributed by atoms with van der Waals surface area (Å²) in [4.78, 5) is 11.9. The van der Waals surface area contributed by atoms with Gasteiger partial charge in [0.05, 0.1) is 6.61 Å².